The van der Waals surface area contributed by atoms with E-state index in [1.54, 1.807) is 0 Å². The lowest BCUT2D eigenvalue weighted by molar-refractivity contribution is -0.135. The van der Waals surface area contributed by atoms with Gasteiger partial charge in [0.05, 0.1) is 18.8 Å². The third-order valence-corrected chi connectivity index (χ3v) is 0.605. The van der Waals surface area contributed by atoms with E-state index in [4.69, 9.17) is 10.2 Å². The van der Waals surface area contributed by atoms with E-state index in [-0.39, 0.29) is 18.8 Å². The number of hydrogen-bond donors (Lipinski definition) is 3. The van der Waals surface area contributed by atoms with Crippen molar-refractivity contribution in [3.05, 3.63) is 12.3 Å². The van der Waals surface area contributed by atoms with Crippen molar-refractivity contribution in [3.8, 4) is 0 Å². The molecule has 0 aliphatic heterocycles. The maximum Gasteiger partial charge on any atom is 0.317 e. The molecule has 9 heavy (non-hydrogen) atoms. The van der Waals surface area contributed by atoms with E-state index in [2.05, 4.69) is 11.9 Å². The Bertz CT molecular complexity index is 107. The van der Waals surface area contributed by atoms with E-state index in [1.165, 1.54) is 0 Å². The Morgan fingerprint density at radius 3 is 2.33 bits per heavy atom. The van der Waals surface area contributed by atoms with Crippen LogP contribution in [0.25, 0.3) is 0 Å². The van der Waals surface area contributed by atoms with Crippen LogP contribution < -0.4 is 5.32 Å². The number of aliphatic carboxylic acids is 1. The molecular formula is C5H9NO3. The van der Waals surface area contributed by atoms with Gasteiger partial charge in [0.15, 0.2) is 0 Å². The molecule has 0 fully saturated rings. The molecule has 0 radical (unpaired) electrons. The number of carbonyl (C=O) groups is 1. The van der Waals surface area contributed by atoms with Gasteiger partial charge in [0, 0.05) is 0 Å². The molecule has 0 aliphatic carbocycles. The summed E-state index contributed by atoms with van der Waals surface area (Å²) in [6, 6.07) is 0. The van der Waals surface area contributed by atoms with Crippen LogP contribution in [-0.2, 0) is 4.79 Å². The molecule has 0 saturated carbocycles. The summed E-state index contributed by atoms with van der Waals surface area (Å²) in [7, 11) is 0. The molecule has 0 aromatic carbocycles. The van der Waals surface area contributed by atoms with Gasteiger partial charge in [-0.25, -0.2) is 0 Å². The molecule has 0 unspecified atom stereocenters. The average molecular weight is 131 g/mol. The van der Waals surface area contributed by atoms with Gasteiger partial charge in [0.1, 0.15) is 0 Å². The van der Waals surface area contributed by atoms with Crippen LogP contribution in [0.3, 0.4) is 0 Å². The van der Waals surface area contributed by atoms with E-state index < -0.39 is 5.97 Å². The summed E-state index contributed by atoms with van der Waals surface area (Å²) >= 11 is 0. The smallest absolute Gasteiger partial charge is 0.317 e. The molecule has 0 aliphatic rings. The number of hydrogen-bond acceptors (Lipinski definition) is 3. The van der Waals surface area contributed by atoms with Gasteiger partial charge < -0.3 is 10.2 Å². The largest absolute Gasteiger partial charge is 0.512 e. The van der Waals surface area contributed by atoms with Crippen LogP contribution in [0.4, 0.5) is 0 Å². The molecule has 4 heteroatoms. The van der Waals surface area contributed by atoms with E-state index in [1.807, 2.05) is 0 Å². The minimum atomic E-state index is -0.948. The molecular weight excluding hydrogens is 122 g/mol. The zero-order valence-electron chi connectivity index (χ0n) is 4.92. The summed E-state index contributed by atoms with van der Waals surface area (Å²) < 4.78 is 0. The van der Waals surface area contributed by atoms with Crippen LogP contribution in [-0.4, -0.2) is 29.3 Å². The lowest BCUT2D eigenvalue weighted by Gasteiger charge is -1.96. The number of carboxylic acid groups (broad SMARTS) is 1. The SMILES string of the molecule is C=C(O)CNCC(=O)O. The molecule has 0 spiro atoms. The Labute approximate surface area is 52.8 Å². The first kappa shape index (κ1) is 7.97. The van der Waals surface area contributed by atoms with Crippen LogP contribution in [0.1, 0.15) is 0 Å². The van der Waals surface area contributed by atoms with Gasteiger partial charge in [0.25, 0.3) is 0 Å². The summed E-state index contributed by atoms with van der Waals surface area (Å²) in [6.45, 7) is 3.13. The minimum Gasteiger partial charge on any atom is -0.512 e. The van der Waals surface area contributed by atoms with Crippen molar-refractivity contribution in [2.45, 2.75) is 0 Å². The van der Waals surface area contributed by atoms with Crippen LogP contribution in [0, 0.1) is 0 Å². The van der Waals surface area contributed by atoms with Gasteiger partial charge in [-0.2, -0.15) is 0 Å². The van der Waals surface area contributed by atoms with E-state index >= 15 is 0 Å². The Hall–Kier alpha value is -1.03. The Kier molecular flexibility index (Phi) is 3.46. The topological polar surface area (TPSA) is 69.6 Å². The van der Waals surface area contributed by atoms with Crippen molar-refractivity contribution < 1.29 is 15.0 Å². The number of carboxylic acids is 1. The summed E-state index contributed by atoms with van der Waals surface area (Å²) in [4.78, 5) is 9.81. The first-order chi connectivity index (χ1) is 4.13. The second kappa shape index (κ2) is 3.91. The average Bonchev–Trinajstić information content (AvgIpc) is 1.63. The van der Waals surface area contributed by atoms with Gasteiger partial charge in [-0.15, -0.1) is 0 Å². The molecule has 0 saturated heterocycles. The zero-order chi connectivity index (χ0) is 7.28. The molecule has 0 aromatic heterocycles. The molecule has 4 nitrogen and oxygen atoms in total. The lowest BCUT2D eigenvalue weighted by Crippen LogP contribution is -2.24. The fourth-order valence-corrected chi connectivity index (χ4v) is 0.314. The van der Waals surface area contributed by atoms with Crippen LogP contribution >= 0.6 is 0 Å². The van der Waals surface area contributed by atoms with Crippen LogP contribution in [0.15, 0.2) is 12.3 Å². The molecule has 52 valence electrons. The molecule has 0 heterocycles. The highest BCUT2D eigenvalue weighted by atomic mass is 16.4. The van der Waals surface area contributed by atoms with Crippen LogP contribution in [0.5, 0.6) is 0 Å². The maximum absolute atomic E-state index is 9.81. The highest BCUT2D eigenvalue weighted by molar-refractivity contribution is 5.69. The number of rotatable bonds is 4. The van der Waals surface area contributed by atoms with Crippen LogP contribution in [0.2, 0.25) is 0 Å². The van der Waals surface area contributed by atoms with E-state index in [9.17, 15) is 4.79 Å². The summed E-state index contributed by atoms with van der Waals surface area (Å²) in [5, 5.41) is 18.9. The maximum atomic E-state index is 9.81. The number of aliphatic hydroxyl groups excluding tert-OH is 1. The molecule has 0 atom stereocenters. The molecule has 0 aromatic rings. The molecule has 0 amide bonds. The van der Waals surface area contributed by atoms with Gasteiger partial charge in [-0.3, -0.25) is 10.1 Å². The zero-order valence-corrected chi connectivity index (χ0v) is 4.92. The van der Waals surface area contributed by atoms with Gasteiger partial charge in [-0.05, 0) is 0 Å². The first-order valence-electron chi connectivity index (χ1n) is 2.42. The second-order valence-electron chi connectivity index (χ2n) is 1.56. The molecule has 0 bridgehead atoms. The summed E-state index contributed by atoms with van der Waals surface area (Å²) in [5.74, 6) is -1.01. The predicted molar refractivity (Wildman–Crippen MR) is 32.3 cm³/mol. The normalized spacial score (nSPS) is 8.89. The molecule has 3 N–H and O–H groups in total. The Balaban J connectivity index is 3.10. The number of nitrogens with one attached hydrogen (secondary N) is 1. The van der Waals surface area contributed by atoms with Crippen molar-refractivity contribution >= 4 is 5.97 Å². The van der Waals surface area contributed by atoms with Gasteiger partial charge in [0.2, 0.25) is 0 Å². The van der Waals surface area contributed by atoms with Gasteiger partial charge >= 0.3 is 5.97 Å². The third kappa shape index (κ3) is 6.97. The van der Waals surface area contributed by atoms with Crippen molar-refractivity contribution in [2.75, 3.05) is 13.1 Å². The molecule has 0 rings (SSSR count). The Morgan fingerprint density at radius 2 is 2.00 bits per heavy atom. The summed E-state index contributed by atoms with van der Waals surface area (Å²) in [6.07, 6.45) is 0. The standard InChI is InChI=1S/C5H9NO3/c1-4(7)2-6-3-5(8)9/h6-7H,1-3H2,(H,8,9). The first-order valence-corrected chi connectivity index (χ1v) is 2.42. The fourth-order valence-electron chi connectivity index (χ4n) is 0.314. The summed E-state index contributed by atoms with van der Waals surface area (Å²) in [5.41, 5.74) is 0. The number of aliphatic hydroxyl groups is 1. The van der Waals surface area contributed by atoms with Crippen molar-refractivity contribution in [2.24, 2.45) is 0 Å². The third-order valence-electron chi connectivity index (χ3n) is 0.605. The highest BCUT2D eigenvalue weighted by Crippen LogP contribution is 1.74. The fraction of sp³-hybridized carbons (Fsp3) is 0.400. The van der Waals surface area contributed by atoms with Crippen molar-refractivity contribution in [1.29, 1.82) is 0 Å². The van der Waals surface area contributed by atoms with Gasteiger partial charge in [-0.1, -0.05) is 6.58 Å². The van der Waals surface area contributed by atoms with E-state index in [0.29, 0.717) is 0 Å². The minimum absolute atomic E-state index is 0.0590. The Morgan fingerprint density at radius 1 is 1.44 bits per heavy atom. The quantitative estimate of drug-likeness (QED) is 0.459. The monoisotopic (exact) mass is 131 g/mol. The van der Waals surface area contributed by atoms with Crippen molar-refractivity contribution in [1.82, 2.24) is 5.32 Å². The predicted octanol–water partition coefficient (Wildman–Crippen LogP) is -0.268. The highest BCUT2D eigenvalue weighted by Gasteiger charge is 1.93. The second-order valence-corrected chi connectivity index (χ2v) is 1.56. The lowest BCUT2D eigenvalue weighted by atomic mass is 10.5. The van der Waals surface area contributed by atoms with E-state index in [0.717, 1.165) is 0 Å². The van der Waals surface area contributed by atoms with Crippen molar-refractivity contribution in [3.63, 3.8) is 0 Å².